The van der Waals surface area contributed by atoms with Crippen molar-refractivity contribution in [3.63, 3.8) is 0 Å². The van der Waals surface area contributed by atoms with E-state index < -0.39 is 5.97 Å². The summed E-state index contributed by atoms with van der Waals surface area (Å²) in [5.74, 6) is -0.160. The second-order valence-corrected chi connectivity index (χ2v) is 3.96. The smallest absolute Gasteiger partial charge is 0.334 e. The van der Waals surface area contributed by atoms with Gasteiger partial charge in [-0.05, 0) is 32.9 Å². The molecule has 0 radical (unpaired) electrons. The van der Waals surface area contributed by atoms with Crippen LogP contribution in [0.5, 0.6) is 5.75 Å². The van der Waals surface area contributed by atoms with Crippen LogP contribution in [0.4, 0.5) is 0 Å². The molecular weight excluding hydrogens is 232 g/mol. The van der Waals surface area contributed by atoms with Gasteiger partial charge in [0, 0.05) is 0 Å². The Morgan fingerprint density at radius 2 is 1.89 bits per heavy atom. The Labute approximate surface area is 106 Å². The van der Waals surface area contributed by atoms with Gasteiger partial charge in [-0.15, -0.1) is 0 Å². The highest BCUT2D eigenvalue weighted by Gasteiger charge is 2.06. The number of carbonyl (C=O) groups is 2. The van der Waals surface area contributed by atoms with E-state index in [2.05, 4.69) is 0 Å². The number of para-hydroxylation sites is 1. The lowest BCUT2D eigenvalue weighted by atomic mass is 10.1. The molecule has 18 heavy (non-hydrogen) atoms. The number of benzene rings is 1. The van der Waals surface area contributed by atoms with Crippen LogP contribution >= 0.6 is 0 Å². The maximum Gasteiger partial charge on any atom is 0.334 e. The van der Waals surface area contributed by atoms with Gasteiger partial charge in [-0.1, -0.05) is 12.1 Å². The van der Waals surface area contributed by atoms with E-state index in [1.165, 1.54) is 19.3 Å². The number of Topliss-reactive ketones (excluding diaryl/α,β-unsaturated/α-hetero) is 1. The third-order valence-corrected chi connectivity index (χ3v) is 2.02. The third kappa shape index (κ3) is 4.41. The average Bonchev–Trinajstić information content (AvgIpc) is 2.28. The van der Waals surface area contributed by atoms with E-state index in [9.17, 15) is 9.59 Å². The minimum absolute atomic E-state index is 0.0937. The van der Waals surface area contributed by atoms with E-state index in [1.54, 1.807) is 38.1 Å². The fourth-order valence-corrected chi connectivity index (χ4v) is 1.29. The van der Waals surface area contributed by atoms with Crippen LogP contribution in [0.15, 0.2) is 36.6 Å². The van der Waals surface area contributed by atoms with Crippen LogP contribution in [0, 0.1) is 0 Å². The fourth-order valence-electron chi connectivity index (χ4n) is 1.29. The lowest BCUT2D eigenvalue weighted by Gasteiger charge is -2.06. The molecule has 1 rings (SSSR count). The first-order chi connectivity index (χ1) is 8.50. The first-order valence-corrected chi connectivity index (χ1v) is 5.64. The van der Waals surface area contributed by atoms with E-state index in [0.717, 1.165) is 0 Å². The van der Waals surface area contributed by atoms with E-state index in [1.807, 2.05) is 0 Å². The Bertz CT molecular complexity index is 461. The summed E-state index contributed by atoms with van der Waals surface area (Å²) in [6.45, 7) is 4.98. The van der Waals surface area contributed by atoms with Gasteiger partial charge < -0.3 is 9.47 Å². The molecule has 1 aromatic rings. The molecule has 4 heteroatoms. The third-order valence-electron chi connectivity index (χ3n) is 2.02. The monoisotopic (exact) mass is 248 g/mol. The van der Waals surface area contributed by atoms with Gasteiger partial charge in [-0.2, -0.15) is 0 Å². The van der Waals surface area contributed by atoms with Gasteiger partial charge in [-0.3, -0.25) is 4.79 Å². The molecule has 0 bridgehead atoms. The van der Waals surface area contributed by atoms with Gasteiger partial charge >= 0.3 is 5.97 Å². The minimum atomic E-state index is -0.481. The molecule has 0 amide bonds. The molecule has 0 saturated heterocycles. The van der Waals surface area contributed by atoms with Crippen LogP contribution < -0.4 is 4.74 Å². The first-order valence-electron chi connectivity index (χ1n) is 5.64. The molecule has 0 aliphatic carbocycles. The molecule has 0 heterocycles. The summed E-state index contributed by atoms with van der Waals surface area (Å²) in [6.07, 6.45) is 2.22. The summed E-state index contributed by atoms with van der Waals surface area (Å²) in [5.41, 5.74) is 0.472. The summed E-state index contributed by atoms with van der Waals surface area (Å²) in [6, 6.07) is 6.83. The molecule has 0 spiro atoms. The molecule has 0 saturated carbocycles. The zero-order valence-corrected chi connectivity index (χ0v) is 10.7. The van der Waals surface area contributed by atoms with Gasteiger partial charge in [0.25, 0.3) is 0 Å². The van der Waals surface area contributed by atoms with Crippen molar-refractivity contribution >= 4 is 11.8 Å². The Balaban J connectivity index is 2.66. The van der Waals surface area contributed by atoms with Crippen molar-refractivity contribution in [1.82, 2.24) is 0 Å². The quantitative estimate of drug-likeness (QED) is 0.348. The van der Waals surface area contributed by atoms with Crippen LogP contribution in [0.3, 0.4) is 0 Å². The van der Waals surface area contributed by atoms with Gasteiger partial charge in [0.2, 0.25) is 0 Å². The predicted molar refractivity (Wildman–Crippen MR) is 67.4 cm³/mol. The lowest BCUT2D eigenvalue weighted by molar-refractivity contribution is -0.141. The minimum Gasteiger partial charge on any atom is -0.464 e. The number of ketones is 1. The molecule has 0 aliphatic rings. The van der Waals surface area contributed by atoms with E-state index in [0.29, 0.717) is 11.3 Å². The standard InChI is InChI=1S/C14H16O4/c1-10(2)18-14(16)8-9-17-13-7-5-4-6-12(13)11(3)15/h4-10H,1-3H3. The van der Waals surface area contributed by atoms with Crippen molar-refractivity contribution in [2.75, 3.05) is 0 Å². The molecule has 0 aromatic heterocycles. The summed E-state index contributed by atoms with van der Waals surface area (Å²) in [7, 11) is 0. The second-order valence-electron chi connectivity index (χ2n) is 3.96. The Kier molecular flexibility index (Phi) is 5.11. The van der Waals surface area contributed by atoms with Crippen molar-refractivity contribution in [1.29, 1.82) is 0 Å². The van der Waals surface area contributed by atoms with Crippen molar-refractivity contribution in [3.8, 4) is 5.75 Å². The summed E-state index contributed by atoms with van der Waals surface area (Å²) < 4.78 is 10.1. The number of carbonyl (C=O) groups excluding carboxylic acids is 2. The van der Waals surface area contributed by atoms with Crippen LogP contribution in [0.1, 0.15) is 31.1 Å². The molecule has 0 atom stereocenters. The molecule has 0 N–H and O–H groups in total. The van der Waals surface area contributed by atoms with Gasteiger partial charge in [0.1, 0.15) is 5.75 Å². The van der Waals surface area contributed by atoms with Crippen LogP contribution in [-0.4, -0.2) is 17.9 Å². The Hall–Kier alpha value is -2.10. The first kappa shape index (κ1) is 14.0. The average molecular weight is 248 g/mol. The van der Waals surface area contributed by atoms with Crippen LogP contribution in [0.25, 0.3) is 0 Å². The lowest BCUT2D eigenvalue weighted by Crippen LogP contribution is -2.08. The maximum atomic E-state index is 11.3. The number of ether oxygens (including phenoxy) is 2. The van der Waals surface area contributed by atoms with Gasteiger partial charge in [0.15, 0.2) is 5.78 Å². The molecule has 0 fully saturated rings. The molecule has 1 aromatic carbocycles. The second kappa shape index (κ2) is 6.59. The van der Waals surface area contributed by atoms with E-state index >= 15 is 0 Å². The van der Waals surface area contributed by atoms with Crippen LogP contribution in [0.2, 0.25) is 0 Å². The van der Waals surface area contributed by atoms with E-state index in [4.69, 9.17) is 9.47 Å². The van der Waals surface area contributed by atoms with Crippen molar-refractivity contribution < 1.29 is 19.1 Å². The molecule has 96 valence electrons. The van der Waals surface area contributed by atoms with Crippen LogP contribution in [-0.2, 0) is 9.53 Å². The summed E-state index contributed by atoms with van der Waals surface area (Å²) in [5, 5.41) is 0. The predicted octanol–water partition coefficient (Wildman–Crippen LogP) is 2.73. The number of esters is 1. The molecule has 0 aliphatic heterocycles. The zero-order valence-electron chi connectivity index (χ0n) is 10.7. The highest BCUT2D eigenvalue weighted by Crippen LogP contribution is 2.18. The summed E-state index contributed by atoms with van der Waals surface area (Å²) >= 11 is 0. The highest BCUT2D eigenvalue weighted by molar-refractivity contribution is 5.96. The molecule has 0 unspecified atom stereocenters. The Morgan fingerprint density at radius 1 is 1.22 bits per heavy atom. The van der Waals surface area contributed by atoms with Crippen molar-refractivity contribution in [2.45, 2.75) is 26.9 Å². The number of hydrogen-bond donors (Lipinski definition) is 0. The topological polar surface area (TPSA) is 52.6 Å². The largest absolute Gasteiger partial charge is 0.464 e. The normalized spacial score (nSPS) is 10.7. The highest BCUT2D eigenvalue weighted by atomic mass is 16.5. The number of rotatable bonds is 5. The van der Waals surface area contributed by atoms with Gasteiger partial charge in [0.05, 0.1) is 24.0 Å². The van der Waals surface area contributed by atoms with E-state index in [-0.39, 0.29) is 11.9 Å². The fraction of sp³-hybridized carbons (Fsp3) is 0.286. The van der Waals surface area contributed by atoms with Crippen molar-refractivity contribution in [3.05, 3.63) is 42.2 Å². The van der Waals surface area contributed by atoms with Gasteiger partial charge in [-0.25, -0.2) is 4.79 Å². The SMILES string of the molecule is CC(=O)c1ccccc1OC=CC(=O)OC(C)C. The number of hydrogen-bond acceptors (Lipinski definition) is 4. The summed E-state index contributed by atoms with van der Waals surface area (Å²) in [4.78, 5) is 22.5. The Morgan fingerprint density at radius 3 is 2.50 bits per heavy atom. The molecular formula is C14H16O4. The zero-order chi connectivity index (χ0) is 13.5. The van der Waals surface area contributed by atoms with Crippen molar-refractivity contribution in [2.24, 2.45) is 0 Å². The molecule has 4 nitrogen and oxygen atoms in total. The maximum absolute atomic E-state index is 11.3.